The van der Waals surface area contributed by atoms with Crippen LogP contribution in [0.4, 0.5) is 0 Å². The number of rotatable bonds is 36. The molecule has 0 aromatic heterocycles. The quantitative estimate of drug-likeness (QED) is 0.0276. The second kappa shape index (κ2) is 35.6. The summed E-state index contributed by atoms with van der Waals surface area (Å²) >= 11 is 0. The van der Waals surface area contributed by atoms with Crippen LogP contribution in [-0.4, -0.2) is 89.0 Å². The number of allylic oxidation sites excluding steroid dienone is 4. The second-order valence-corrected chi connectivity index (χ2v) is 15.1. The maximum Gasteiger partial charge on any atom is 0.306 e. The van der Waals surface area contributed by atoms with E-state index in [2.05, 4.69) is 38.2 Å². The molecular weight excluding hydrogens is 688 g/mol. The SMILES string of the molecule is CCCCC/C=C/CCCCCCCC(=O)OC[C@H](CO[C@@H]1O[C@H](CO)[C@H](O)C(O)C1O)OC(=O)CCCCCCCCCCC/C=C/CCCCCC. The van der Waals surface area contributed by atoms with Crippen LogP contribution >= 0.6 is 0 Å². The number of carbonyl (C=O) groups excluding carboxylic acids is 2. The molecule has 4 N–H and O–H groups in total. The fourth-order valence-corrected chi connectivity index (χ4v) is 6.53. The minimum atomic E-state index is -1.59. The Morgan fingerprint density at radius 3 is 1.48 bits per heavy atom. The maximum absolute atomic E-state index is 12.8. The number of aliphatic hydroxyl groups is 4. The molecule has 6 atom stereocenters. The maximum atomic E-state index is 12.8. The summed E-state index contributed by atoms with van der Waals surface area (Å²) in [5.41, 5.74) is 0. The normalized spacial score (nSPS) is 20.9. The third-order valence-corrected chi connectivity index (χ3v) is 10.1. The van der Waals surface area contributed by atoms with E-state index in [1.54, 1.807) is 0 Å². The Hall–Kier alpha value is -1.82. The number of hydrogen-bond donors (Lipinski definition) is 4. The zero-order valence-corrected chi connectivity index (χ0v) is 34.2. The van der Waals surface area contributed by atoms with Crippen LogP contribution in [0.15, 0.2) is 24.3 Å². The summed E-state index contributed by atoms with van der Waals surface area (Å²) < 4.78 is 22.1. The highest BCUT2D eigenvalue weighted by Crippen LogP contribution is 2.22. The van der Waals surface area contributed by atoms with E-state index < -0.39 is 49.4 Å². The van der Waals surface area contributed by atoms with Crippen molar-refractivity contribution < 1.29 is 49.0 Å². The van der Waals surface area contributed by atoms with Crippen molar-refractivity contribution in [2.24, 2.45) is 0 Å². The molecule has 1 aliphatic heterocycles. The lowest BCUT2D eigenvalue weighted by atomic mass is 9.99. The molecule has 316 valence electrons. The molecule has 0 spiro atoms. The molecular formula is C44H80O10. The Morgan fingerprint density at radius 2 is 0.981 bits per heavy atom. The van der Waals surface area contributed by atoms with Gasteiger partial charge < -0.3 is 39.4 Å². The number of aliphatic hydroxyl groups excluding tert-OH is 4. The van der Waals surface area contributed by atoms with Crippen molar-refractivity contribution in [1.82, 2.24) is 0 Å². The van der Waals surface area contributed by atoms with Gasteiger partial charge in [0.2, 0.25) is 0 Å². The molecule has 1 saturated heterocycles. The minimum Gasteiger partial charge on any atom is -0.462 e. The first-order chi connectivity index (χ1) is 26.3. The third-order valence-electron chi connectivity index (χ3n) is 10.1. The van der Waals surface area contributed by atoms with E-state index in [9.17, 15) is 30.0 Å². The standard InChI is InChI=1S/C44H80O10/c1-3-5-7-9-11-13-15-17-18-19-20-21-23-25-27-29-31-33-40(47)53-37(36-52-44-43(50)42(49)41(48)38(34-45)54-44)35-51-39(46)32-30-28-26-24-22-16-14-12-10-8-6-4-2/h12-15,37-38,41-45,48-50H,3-11,16-36H2,1-2H3/b14-12+,15-13+/t37-,38-,41+,42?,43?,44-/m1/s1. The van der Waals surface area contributed by atoms with Gasteiger partial charge in [0.05, 0.1) is 13.2 Å². The van der Waals surface area contributed by atoms with E-state index in [4.69, 9.17) is 18.9 Å². The fourth-order valence-electron chi connectivity index (χ4n) is 6.53. The van der Waals surface area contributed by atoms with Crippen molar-refractivity contribution in [3.63, 3.8) is 0 Å². The number of carbonyl (C=O) groups is 2. The van der Waals surface area contributed by atoms with E-state index in [0.29, 0.717) is 12.8 Å². The predicted molar refractivity (Wildman–Crippen MR) is 215 cm³/mol. The molecule has 10 nitrogen and oxygen atoms in total. The Kier molecular flexibility index (Phi) is 33.1. The third kappa shape index (κ3) is 26.9. The largest absolute Gasteiger partial charge is 0.462 e. The van der Waals surface area contributed by atoms with Crippen molar-refractivity contribution >= 4 is 11.9 Å². The first-order valence-corrected chi connectivity index (χ1v) is 21.9. The van der Waals surface area contributed by atoms with Crippen molar-refractivity contribution in [2.75, 3.05) is 19.8 Å². The van der Waals surface area contributed by atoms with Gasteiger partial charge in [0, 0.05) is 12.8 Å². The first-order valence-electron chi connectivity index (χ1n) is 21.9. The van der Waals surface area contributed by atoms with E-state index >= 15 is 0 Å². The topological polar surface area (TPSA) is 152 Å². The van der Waals surface area contributed by atoms with Crippen molar-refractivity contribution in [1.29, 1.82) is 0 Å². The zero-order valence-electron chi connectivity index (χ0n) is 34.2. The number of ether oxygens (including phenoxy) is 4. The van der Waals surface area contributed by atoms with E-state index in [-0.39, 0.29) is 32.0 Å². The lowest BCUT2D eigenvalue weighted by Crippen LogP contribution is -2.59. The molecule has 1 aliphatic rings. The smallest absolute Gasteiger partial charge is 0.306 e. The van der Waals surface area contributed by atoms with Gasteiger partial charge in [-0.25, -0.2) is 0 Å². The summed E-state index contributed by atoms with van der Waals surface area (Å²) in [7, 11) is 0. The van der Waals surface area contributed by atoms with Crippen LogP contribution in [0.5, 0.6) is 0 Å². The molecule has 0 radical (unpaired) electrons. The van der Waals surface area contributed by atoms with Gasteiger partial charge in [0.15, 0.2) is 12.4 Å². The van der Waals surface area contributed by atoms with Crippen LogP contribution in [0.2, 0.25) is 0 Å². The summed E-state index contributed by atoms with van der Waals surface area (Å²) in [4.78, 5) is 25.3. The summed E-state index contributed by atoms with van der Waals surface area (Å²) in [6.45, 7) is 3.38. The van der Waals surface area contributed by atoms with E-state index in [0.717, 1.165) is 57.8 Å². The van der Waals surface area contributed by atoms with Crippen molar-refractivity contribution in [2.45, 2.75) is 224 Å². The van der Waals surface area contributed by atoms with Crippen molar-refractivity contribution in [3.05, 3.63) is 24.3 Å². The van der Waals surface area contributed by atoms with Crippen LogP contribution in [0.1, 0.15) is 187 Å². The van der Waals surface area contributed by atoms with Gasteiger partial charge in [-0.3, -0.25) is 9.59 Å². The predicted octanol–water partition coefficient (Wildman–Crippen LogP) is 8.94. The Balaban J connectivity index is 2.34. The molecule has 1 heterocycles. The Labute approximate surface area is 328 Å². The minimum absolute atomic E-state index is 0.220. The molecule has 1 rings (SSSR count). The molecule has 0 saturated carbocycles. The summed E-state index contributed by atoms with van der Waals surface area (Å²) in [5.74, 6) is -0.817. The number of unbranched alkanes of at least 4 members (excludes halogenated alkanes) is 21. The average molecular weight is 769 g/mol. The van der Waals surface area contributed by atoms with Gasteiger partial charge in [-0.2, -0.15) is 0 Å². The second-order valence-electron chi connectivity index (χ2n) is 15.1. The first kappa shape index (κ1) is 50.2. The summed E-state index contributed by atoms with van der Waals surface area (Å²) in [6, 6.07) is 0. The van der Waals surface area contributed by atoms with Gasteiger partial charge in [0.25, 0.3) is 0 Å². The molecule has 0 bridgehead atoms. The van der Waals surface area contributed by atoms with Gasteiger partial charge >= 0.3 is 11.9 Å². The molecule has 2 unspecified atom stereocenters. The van der Waals surface area contributed by atoms with Gasteiger partial charge in [-0.1, -0.05) is 134 Å². The molecule has 0 aromatic rings. The van der Waals surface area contributed by atoms with Gasteiger partial charge in [-0.05, 0) is 64.2 Å². The number of hydrogen-bond acceptors (Lipinski definition) is 10. The Bertz CT molecular complexity index is 938. The highest BCUT2D eigenvalue weighted by molar-refractivity contribution is 5.70. The Morgan fingerprint density at radius 1 is 0.556 bits per heavy atom. The summed E-state index contributed by atoms with van der Waals surface area (Å²) in [5, 5.41) is 40.0. The average Bonchev–Trinajstić information content (AvgIpc) is 3.17. The highest BCUT2D eigenvalue weighted by Gasteiger charge is 2.44. The molecule has 1 fully saturated rings. The zero-order chi connectivity index (χ0) is 39.5. The van der Waals surface area contributed by atoms with Crippen LogP contribution in [0.25, 0.3) is 0 Å². The fraction of sp³-hybridized carbons (Fsp3) is 0.864. The molecule has 0 aromatic carbocycles. The van der Waals surface area contributed by atoms with E-state index in [1.165, 1.54) is 89.9 Å². The van der Waals surface area contributed by atoms with E-state index in [1.807, 2.05) is 0 Å². The molecule has 10 heteroatoms. The summed E-state index contributed by atoms with van der Waals surface area (Å²) in [6.07, 6.45) is 30.4. The highest BCUT2D eigenvalue weighted by atomic mass is 16.7. The molecule has 54 heavy (non-hydrogen) atoms. The molecule has 0 aliphatic carbocycles. The van der Waals surface area contributed by atoms with Crippen LogP contribution in [-0.2, 0) is 28.5 Å². The van der Waals surface area contributed by atoms with Crippen molar-refractivity contribution in [3.8, 4) is 0 Å². The lowest BCUT2D eigenvalue weighted by molar-refractivity contribution is -0.305. The van der Waals surface area contributed by atoms with Crippen LogP contribution < -0.4 is 0 Å². The lowest BCUT2D eigenvalue weighted by Gasteiger charge is -2.39. The molecule has 0 amide bonds. The van der Waals surface area contributed by atoms with Gasteiger partial charge in [-0.15, -0.1) is 0 Å². The van der Waals surface area contributed by atoms with Gasteiger partial charge in [0.1, 0.15) is 31.0 Å². The van der Waals surface area contributed by atoms with Crippen LogP contribution in [0.3, 0.4) is 0 Å². The number of esters is 2. The van der Waals surface area contributed by atoms with Crippen LogP contribution in [0, 0.1) is 0 Å². The monoisotopic (exact) mass is 769 g/mol.